The lowest BCUT2D eigenvalue weighted by molar-refractivity contribution is -0.120. The molecule has 1 unspecified atom stereocenters. The Morgan fingerprint density at radius 1 is 1.73 bits per heavy atom. The largest absolute Gasteiger partial charge is 0.332 e. The zero-order valence-electron chi connectivity index (χ0n) is 8.01. The molecule has 0 saturated heterocycles. The second kappa shape index (κ2) is 3.49. The summed E-state index contributed by atoms with van der Waals surface area (Å²) in [4.78, 5) is 23.2. The first kappa shape index (κ1) is 10.4. The highest BCUT2D eigenvalue weighted by molar-refractivity contribution is 7.81. The van der Waals surface area contributed by atoms with Crippen molar-refractivity contribution in [1.82, 2.24) is 10.2 Å². The molecule has 2 rings (SSSR count). The number of nitrogens with zero attached hydrogens (tertiary/aromatic N) is 2. The third kappa shape index (κ3) is 2.13. The van der Waals surface area contributed by atoms with E-state index in [1.165, 1.54) is 6.20 Å². The molecule has 1 amide bonds. The Labute approximate surface area is 92.3 Å². The summed E-state index contributed by atoms with van der Waals surface area (Å²) in [5.74, 6) is -0.0197. The molecule has 0 bridgehead atoms. The molecular weight excluding hydrogens is 216 g/mol. The molecule has 6 nitrogen and oxygen atoms in total. The SMILES string of the molecule is NC1(S)NC(=O)C(N=O)=CN1CC1CC1. The van der Waals surface area contributed by atoms with Gasteiger partial charge in [0.05, 0.1) is 0 Å². The van der Waals surface area contributed by atoms with Gasteiger partial charge in [-0.15, -0.1) is 17.5 Å². The summed E-state index contributed by atoms with van der Waals surface area (Å²) in [6.07, 6.45) is 3.66. The van der Waals surface area contributed by atoms with Crippen molar-refractivity contribution >= 4 is 18.5 Å². The minimum absolute atomic E-state index is 0.161. The van der Waals surface area contributed by atoms with Crippen LogP contribution in [0.5, 0.6) is 0 Å². The van der Waals surface area contributed by atoms with Crippen molar-refractivity contribution < 1.29 is 4.79 Å². The lowest BCUT2D eigenvalue weighted by atomic mass is 10.3. The minimum Gasteiger partial charge on any atom is -0.332 e. The van der Waals surface area contributed by atoms with Crippen LogP contribution in [0.2, 0.25) is 0 Å². The highest BCUT2D eigenvalue weighted by Crippen LogP contribution is 2.32. The lowest BCUT2D eigenvalue weighted by Gasteiger charge is -2.39. The fourth-order valence-electron chi connectivity index (χ4n) is 1.44. The maximum atomic E-state index is 11.3. The second-order valence-corrected chi connectivity index (χ2v) is 4.56. The number of carbonyl (C=O) groups is 1. The van der Waals surface area contributed by atoms with E-state index in [4.69, 9.17) is 5.73 Å². The number of nitrogens with two attached hydrogens (primary N) is 1. The van der Waals surface area contributed by atoms with Crippen LogP contribution in [-0.4, -0.2) is 22.5 Å². The van der Waals surface area contributed by atoms with Gasteiger partial charge in [0.15, 0.2) is 5.70 Å². The number of carbonyl (C=O) groups excluding carboxylic acids is 1. The number of rotatable bonds is 3. The van der Waals surface area contributed by atoms with Gasteiger partial charge in [0.25, 0.3) is 5.91 Å². The monoisotopic (exact) mass is 228 g/mol. The summed E-state index contributed by atoms with van der Waals surface area (Å²) >= 11 is 4.14. The van der Waals surface area contributed by atoms with Crippen LogP contribution in [0.1, 0.15) is 12.8 Å². The van der Waals surface area contributed by atoms with Crippen molar-refractivity contribution in [3.63, 3.8) is 0 Å². The van der Waals surface area contributed by atoms with Gasteiger partial charge in [-0.2, -0.15) is 0 Å². The van der Waals surface area contributed by atoms with Crippen molar-refractivity contribution in [2.45, 2.75) is 18.0 Å². The molecule has 82 valence electrons. The molecule has 0 radical (unpaired) electrons. The first-order valence-electron chi connectivity index (χ1n) is 4.68. The van der Waals surface area contributed by atoms with Gasteiger partial charge < -0.3 is 10.2 Å². The maximum Gasteiger partial charge on any atom is 0.278 e. The van der Waals surface area contributed by atoms with Gasteiger partial charge in [-0.1, -0.05) is 0 Å². The molecule has 15 heavy (non-hydrogen) atoms. The van der Waals surface area contributed by atoms with Crippen molar-refractivity contribution in [3.8, 4) is 0 Å². The third-order valence-electron chi connectivity index (χ3n) is 2.50. The van der Waals surface area contributed by atoms with E-state index in [2.05, 4.69) is 23.1 Å². The Balaban J connectivity index is 2.19. The number of nitrogens with one attached hydrogen (secondary N) is 1. The van der Waals surface area contributed by atoms with E-state index in [0.29, 0.717) is 12.5 Å². The molecule has 1 aliphatic heterocycles. The van der Waals surface area contributed by atoms with Gasteiger partial charge in [-0.05, 0) is 23.9 Å². The summed E-state index contributed by atoms with van der Waals surface area (Å²) in [5, 5.41) is 3.82. The molecule has 0 aromatic carbocycles. The van der Waals surface area contributed by atoms with E-state index in [1.54, 1.807) is 4.90 Å². The summed E-state index contributed by atoms with van der Waals surface area (Å²) in [6.45, 7) is 0.680. The number of amides is 1. The van der Waals surface area contributed by atoms with Crippen LogP contribution in [0.25, 0.3) is 0 Å². The van der Waals surface area contributed by atoms with Crippen LogP contribution in [0.3, 0.4) is 0 Å². The van der Waals surface area contributed by atoms with Crippen LogP contribution < -0.4 is 11.1 Å². The molecule has 2 aliphatic rings. The lowest BCUT2D eigenvalue weighted by Crippen LogP contribution is -2.64. The first-order chi connectivity index (χ1) is 7.03. The van der Waals surface area contributed by atoms with Crippen LogP contribution in [0.15, 0.2) is 17.1 Å². The molecule has 1 heterocycles. The molecule has 1 aliphatic carbocycles. The summed E-state index contributed by atoms with van der Waals surface area (Å²) in [6, 6.07) is 0. The first-order valence-corrected chi connectivity index (χ1v) is 5.13. The summed E-state index contributed by atoms with van der Waals surface area (Å²) in [5.41, 5.74) is 5.61. The Morgan fingerprint density at radius 3 is 2.93 bits per heavy atom. The molecule has 1 fully saturated rings. The van der Waals surface area contributed by atoms with Crippen molar-refractivity contribution in [3.05, 3.63) is 16.8 Å². The number of nitroso groups, excluding NO2 is 1. The molecule has 0 aromatic heterocycles. The van der Waals surface area contributed by atoms with Crippen LogP contribution in [0.4, 0.5) is 0 Å². The Hall–Kier alpha value is -1.08. The predicted molar refractivity (Wildman–Crippen MR) is 57.4 cm³/mol. The third-order valence-corrected chi connectivity index (χ3v) is 2.87. The van der Waals surface area contributed by atoms with E-state index in [9.17, 15) is 9.70 Å². The average Bonchev–Trinajstić information content (AvgIpc) is 2.92. The van der Waals surface area contributed by atoms with Crippen molar-refractivity contribution in [2.75, 3.05) is 6.54 Å². The molecule has 7 heteroatoms. The number of hydrogen-bond acceptors (Lipinski definition) is 6. The van der Waals surface area contributed by atoms with E-state index >= 15 is 0 Å². The number of thiol groups is 1. The summed E-state index contributed by atoms with van der Waals surface area (Å²) in [7, 11) is 0. The maximum absolute atomic E-state index is 11.3. The predicted octanol–water partition coefficient (Wildman–Crippen LogP) is -0.0642. The second-order valence-electron chi connectivity index (χ2n) is 3.88. The quantitative estimate of drug-likeness (QED) is 0.358. The van der Waals surface area contributed by atoms with Crippen LogP contribution >= 0.6 is 12.6 Å². The molecule has 0 spiro atoms. The molecular formula is C8H12N4O2S. The molecule has 1 atom stereocenters. The normalized spacial score (nSPS) is 30.9. The molecule has 3 N–H and O–H groups in total. The van der Waals surface area contributed by atoms with Crippen molar-refractivity contribution in [2.24, 2.45) is 16.8 Å². The Kier molecular flexibility index (Phi) is 2.43. The highest BCUT2D eigenvalue weighted by atomic mass is 32.1. The van der Waals surface area contributed by atoms with Gasteiger partial charge in [0, 0.05) is 12.7 Å². The van der Waals surface area contributed by atoms with Gasteiger partial charge in [0.1, 0.15) is 0 Å². The molecule has 1 saturated carbocycles. The van der Waals surface area contributed by atoms with Gasteiger partial charge in [0.2, 0.25) is 5.12 Å². The van der Waals surface area contributed by atoms with Crippen LogP contribution in [0, 0.1) is 10.8 Å². The van der Waals surface area contributed by atoms with Crippen molar-refractivity contribution in [1.29, 1.82) is 0 Å². The Bertz CT molecular complexity index is 338. The fourth-order valence-corrected chi connectivity index (χ4v) is 1.68. The van der Waals surface area contributed by atoms with Gasteiger partial charge in [-0.25, -0.2) is 0 Å². The fraction of sp³-hybridized carbons (Fsp3) is 0.625. The highest BCUT2D eigenvalue weighted by Gasteiger charge is 2.38. The Morgan fingerprint density at radius 2 is 2.40 bits per heavy atom. The standard InChI is InChI=1S/C8H12N4O2S/c9-8(15)10-7(13)6(11-14)4-12(8)3-5-1-2-5/h4-5,15H,1-3,9H2,(H,10,13). The topological polar surface area (TPSA) is 87.8 Å². The molecule has 0 aromatic rings. The number of hydrogen-bond donors (Lipinski definition) is 3. The zero-order valence-corrected chi connectivity index (χ0v) is 8.91. The minimum atomic E-state index is -1.23. The smallest absolute Gasteiger partial charge is 0.278 e. The van der Waals surface area contributed by atoms with Gasteiger partial charge >= 0.3 is 0 Å². The van der Waals surface area contributed by atoms with E-state index in [0.717, 1.165) is 12.8 Å². The van der Waals surface area contributed by atoms with E-state index in [1.807, 2.05) is 0 Å². The van der Waals surface area contributed by atoms with E-state index in [-0.39, 0.29) is 5.70 Å². The average molecular weight is 228 g/mol. The van der Waals surface area contributed by atoms with Gasteiger partial charge in [-0.3, -0.25) is 10.5 Å². The summed E-state index contributed by atoms with van der Waals surface area (Å²) < 4.78 is 0. The van der Waals surface area contributed by atoms with Crippen LogP contribution in [-0.2, 0) is 4.79 Å². The zero-order chi connectivity index (χ0) is 11.1. The van der Waals surface area contributed by atoms with E-state index < -0.39 is 11.0 Å².